The quantitative estimate of drug-likeness (QED) is 0.292. The first-order chi connectivity index (χ1) is 14.9. The summed E-state index contributed by atoms with van der Waals surface area (Å²) in [5.74, 6) is 1.99. The Morgan fingerprint density at radius 1 is 0.903 bits per heavy atom. The van der Waals surface area contributed by atoms with Crippen molar-refractivity contribution in [3.63, 3.8) is 0 Å². The Morgan fingerprint density at radius 3 is 2.32 bits per heavy atom. The number of imidazole rings is 1. The molecule has 0 N–H and O–H groups in total. The topological polar surface area (TPSA) is 27.1 Å². The number of nitrogens with zero attached hydrogens (tertiary/aromatic N) is 2. The normalized spacial score (nSPS) is 11.7. The van der Waals surface area contributed by atoms with Gasteiger partial charge in [-0.15, -0.1) is 0 Å². The molecule has 4 aromatic rings. The van der Waals surface area contributed by atoms with E-state index in [1.165, 1.54) is 16.6 Å². The second kappa shape index (κ2) is 9.15. The maximum Gasteiger partial charge on any atom is 0.119 e. The molecular weight excluding hydrogens is 404 g/mol. The number of halogens is 1. The molecule has 31 heavy (non-hydrogen) atoms. The maximum absolute atomic E-state index is 6.04. The molecule has 0 aliphatic heterocycles. The van der Waals surface area contributed by atoms with E-state index < -0.39 is 0 Å². The van der Waals surface area contributed by atoms with Crippen LogP contribution in [0.25, 0.3) is 11.0 Å². The summed E-state index contributed by atoms with van der Waals surface area (Å²) >= 11 is 6.04. The average molecular weight is 433 g/mol. The molecule has 0 amide bonds. The molecule has 0 saturated carbocycles. The molecular formula is C27H29ClN2O. The van der Waals surface area contributed by atoms with Gasteiger partial charge in [-0.05, 0) is 59.4 Å². The van der Waals surface area contributed by atoms with Crippen LogP contribution < -0.4 is 4.74 Å². The number of aryl methyl sites for hydroxylation is 1. The fourth-order valence-electron chi connectivity index (χ4n) is 3.76. The van der Waals surface area contributed by atoms with E-state index in [1.807, 2.05) is 18.2 Å². The minimum Gasteiger partial charge on any atom is -0.494 e. The molecule has 4 rings (SSSR count). The molecule has 0 aliphatic rings. The van der Waals surface area contributed by atoms with Gasteiger partial charge in [0.15, 0.2) is 0 Å². The molecule has 0 bridgehead atoms. The van der Waals surface area contributed by atoms with Gasteiger partial charge < -0.3 is 9.30 Å². The highest BCUT2D eigenvalue weighted by molar-refractivity contribution is 6.30. The van der Waals surface area contributed by atoms with Gasteiger partial charge in [0.1, 0.15) is 11.6 Å². The highest BCUT2D eigenvalue weighted by Crippen LogP contribution is 2.24. The zero-order chi connectivity index (χ0) is 21.8. The Labute approximate surface area is 189 Å². The van der Waals surface area contributed by atoms with Crippen LogP contribution in [0.2, 0.25) is 5.02 Å². The first kappa shape index (κ1) is 21.5. The summed E-state index contributed by atoms with van der Waals surface area (Å²) in [6.45, 7) is 8.20. The second-order valence-electron chi connectivity index (χ2n) is 8.95. The molecule has 0 fully saturated rings. The van der Waals surface area contributed by atoms with Gasteiger partial charge >= 0.3 is 0 Å². The van der Waals surface area contributed by atoms with Crippen LogP contribution in [0, 0.1) is 0 Å². The lowest BCUT2D eigenvalue weighted by molar-refractivity contribution is 0.301. The summed E-state index contributed by atoms with van der Waals surface area (Å²) < 4.78 is 8.32. The van der Waals surface area contributed by atoms with Crippen LogP contribution >= 0.6 is 11.6 Å². The average Bonchev–Trinajstić information content (AvgIpc) is 3.09. The predicted octanol–water partition coefficient (Wildman–Crippen LogP) is 7.05. The van der Waals surface area contributed by atoms with Gasteiger partial charge in [-0.3, -0.25) is 0 Å². The van der Waals surface area contributed by atoms with Crippen molar-refractivity contribution in [2.75, 3.05) is 6.61 Å². The largest absolute Gasteiger partial charge is 0.494 e. The molecule has 0 saturated heterocycles. The summed E-state index contributed by atoms with van der Waals surface area (Å²) in [7, 11) is 0. The van der Waals surface area contributed by atoms with E-state index in [0.29, 0.717) is 6.61 Å². The Kier molecular flexibility index (Phi) is 6.33. The van der Waals surface area contributed by atoms with Gasteiger partial charge in [-0.2, -0.15) is 0 Å². The van der Waals surface area contributed by atoms with Crippen molar-refractivity contribution in [3.05, 3.63) is 94.8 Å². The van der Waals surface area contributed by atoms with E-state index in [9.17, 15) is 0 Å². The number of fused-ring (bicyclic) bond motifs is 1. The Hall–Kier alpha value is -2.78. The lowest BCUT2D eigenvalue weighted by Gasteiger charge is -2.19. The molecule has 3 nitrogen and oxygen atoms in total. The smallest absolute Gasteiger partial charge is 0.119 e. The zero-order valence-corrected chi connectivity index (χ0v) is 19.2. The monoisotopic (exact) mass is 432 g/mol. The van der Waals surface area contributed by atoms with Crippen molar-refractivity contribution in [2.45, 2.75) is 45.6 Å². The van der Waals surface area contributed by atoms with Gasteiger partial charge in [0.05, 0.1) is 17.6 Å². The molecule has 0 radical (unpaired) electrons. The molecule has 0 unspecified atom stereocenters. The van der Waals surface area contributed by atoms with Gasteiger partial charge in [0, 0.05) is 18.0 Å². The molecule has 1 heterocycles. The highest BCUT2D eigenvalue weighted by atomic mass is 35.5. The van der Waals surface area contributed by atoms with E-state index >= 15 is 0 Å². The zero-order valence-electron chi connectivity index (χ0n) is 18.4. The third-order valence-corrected chi connectivity index (χ3v) is 5.78. The minimum absolute atomic E-state index is 0.154. The van der Waals surface area contributed by atoms with E-state index in [2.05, 4.69) is 79.9 Å². The van der Waals surface area contributed by atoms with Crippen molar-refractivity contribution in [2.24, 2.45) is 0 Å². The van der Waals surface area contributed by atoms with Gasteiger partial charge in [0.2, 0.25) is 0 Å². The van der Waals surface area contributed by atoms with Gasteiger partial charge in [-0.1, -0.05) is 68.8 Å². The lowest BCUT2D eigenvalue weighted by atomic mass is 9.87. The third-order valence-electron chi connectivity index (χ3n) is 5.52. The molecule has 0 atom stereocenters. The fraction of sp³-hybridized carbons (Fsp3) is 0.296. The van der Waals surface area contributed by atoms with Crippen LogP contribution in [-0.4, -0.2) is 16.2 Å². The summed E-state index contributed by atoms with van der Waals surface area (Å²) in [6.07, 6.45) is 1.69. The SMILES string of the molecule is CC(C)(C)c1ccc(OCCCn2c(Cc3ccc(Cl)cc3)nc3ccccc32)cc1. The summed E-state index contributed by atoms with van der Waals surface area (Å²) in [6, 6.07) is 24.8. The molecule has 3 aromatic carbocycles. The highest BCUT2D eigenvalue weighted by Gasteiger charge is 2.13. The van der Waals surface area contributed by atoms with E-state index in [4.69, 9.17) is 21.3 Å². The first-order valence-electron chi connectivity index (χ1n) is 10.8. The Bertz CT molecular complexity index is 1140. The molecule has 160 valence electrons. The van der Waals surface area contributed by atoms with Crippen molar-refractivity contribution in [3.8, 4) is 5.75 Å². The van der Waals surface area contributed by atoms with Crippen LogP contribution in [0.1, 0.15) is 44.1 Å². The fourth-order valence-corrected chi connectivity index (χ4v) is 3.88. The van der Waals surface area contributed by atoms with Gasteiger partial charge in [0.25, 0.3) is 0 Å². The standard InChI is InChI=1S/C27H29ClN2O/c1-27(2,3)21-11-15-23(16-12-21)31-18-6-17-30-25-8-5-4-7-24(25)29-26(30)19-20-9-13-22(28)14-10-20/h4-5,7-16H,6,17-19H2,1-3H3. The predicted molar refractivity (Wildman–Crippen MR) is 129 cm³/mol. The second-order valence-corrected chi connectivity index (χ2v) is 9.38. The number of benzene rings is 3. The van der Waals surface area contributed by atoms with Crippen LogP contribution in [0.15, 0.2) is 72.8 Å². The van der Waals surface area contributed by atoms with E-state index in [-0.39, 0.29) is 5.41 Å². The van der Waals surface area contributed by atoms with Crippen molar-refractivity contribution >= 4 is 22.6 Å². The molecule has 1 aromatic heterocycles. The van der Waals surface area contributed by atoms with Crippen LogP contribution in [0.3, 0.4) is 0 Å². The molecule has 0 spiro atoms. The van der Waals surface area contributed by atoms with Crippen LogP contribution in [0.5, 0.6) is 5.75 Å². The number of ether oxygens (including phenoxy) is 1. The number of hydrogen-bond acceptors (Lipinski definition) is 2. The van der Waals surface area contributed by atoms with Crippen LogP contribution in [0.4, 0.5) is 0 Å². The van der Waals surface area contributed by atoms with Crippen molar-refractivity contribution in [1.29, 1.82) is 0 Å². The van der Waals surface area contributed by atoms with Crippen molar-refractivity contribution < 1.29 is 4.74 Å². The number of aromatic nitrogens is 2. The Morgan fingerprint density at radius 2 is 1.61 bits per heavy atom. The van der Waals surface area contributed by atoms with Crippen molar-refractivity contribution in [1.82, 2.24) is 9.55 Å². The minimum atomic E-state index is 0.154. The van der Waals surface area contributed by atoms with E-state index in [1.54, 1.807) is 0 Å². The summed E-state index contributed by atoms with van der Waals surface area (Å²) in [5.41, 5.74) is 4.88. The van der Waals surface area contributed by atoms with E-state index in [0.717, 1.165) is 41.5 Å². The first-order valence-corrected chi connectivity index (χ1v) is 11.2. The molecule has 4 heteroatoms. The number of rotatable bonds is 7. The number of para-hydroxylation sites is 2. The number of hydrogen-bond donors (Lipinski definition) is 0. The third kappa shape index (κ3) is 5.29. The summed E-state index contributed by atoms with van der Waals surface area (Å²) in [4.78, 5) is 4.89. The van der Waals surface area contributed by atoms with Crippen LogP contribution in [-0.2, 0) is 18.4 Å². The maximum atomic E-state index is 6.04. The Balaban J connectivity index is 1.43. The lowest BCUT2D eigenvalue weighted by Crippen LogP contribution is -2.11. The molecule has 0 aliphatic carbocycles. The summed E-state index contributed by atoms with van der Waals surface area (Å²) in [5, 5.41) is 0.755. The van der Waals surface area contributed by atoms with Gasteiger partial charge in [-0.25, -0.2) is 4.98 Å².